The van der Waals surface area contributed by atoms with Crippen molar-refractivity contribution in [3.63, 3.8) is 0 Å². The van der Waals surface area contributed by atoms with E-state index in [1.54, 1.807) is 24.1 Å². The summed E-state index contributed by atoms with van der Waals surface area (Å²) in [4.78, 5) is 25.1. The summed E-state index contributed by atoms with van der Waals surface area (Å²) in [6.07, 6.45) is 5.04. The van der Waals surface area contributed by atoms with E-state index in [2.05, 4.69) is 15.0 Å². The maximum absolute atomic E-state index is 11.8. The lowest BCUT2D eigenvalue weighted by Gasteiger charge is -2.19. The lowest BCUT2D eigenvalue weighted by molar-refractivity contribution is -0.153. The Kier molecular flexibility index (Phi) is 3.90. The highest BCUT2D eigenvalue weighted by Crippen LogP contribution is 2.24. The molecule has 0 unspecified atom stereocenters. The minimum Gasteiger partial charge on any atom is -0.460 e. The molecular formula is C13H15N3O2S. The van der Waals surface area contributed by atoms with Crippen molar-refractivity contribution in [2.45, 2.75) is 32.8 Å². The quantitative estimate of drug-likeness (QED) is 0.806. The summed E-state index contributed by atoms with van der Waals surface area (Å²) in [5, 5.41) is 0. The maximum Gasteiger partial charge on any atom is 0.311 e. The molecule has 0 aliphatic carbocycles. The van der Waals surface area contributed by atoms with Crippen LogP contribution in [-0.4, -0.2) is 26.5 Å². The molecule has 0 N–H and O–H groups in total. The second kappa shape index (κ2) is 5.44. The van der Waals surface area contributed by atoms with Gasteiger partial charge in [-0.2, -0.15) is 0 Å². The first-order chi connectivity index (χ1) is 8.96. The van der Waals surface area contributed by atoms with Gasteiger partial charge < -0.3 is 4.74 Å². The summed E-state index contributed by atoms with van der Waals surface area (Å²) < 4.78 is 5.31. The SMILES string of the molecule is CC(C)(C)OC(=O)Cc1scnc1-c1cnccn1. The summed E-state index contributed by atoms with van der Waals surface area (Å²) in [6, 6.07) is 0. The Labute approximate surface area is 115 Å². The number of aromatic nitrogens is 3. The topological polar surface area (TPSA) is 65.0 Å². The van der Waals surface area contributed by atoms with Gasteiger partial charge in [0, 0.05) is 17.3 Å². The molecule has 0 aliphatic rings. The predicted molar refractivity (Wildman–Crippen MR) is 72.7 cm³/mol. The number of esters is 1. The van der Waals surface area contributed by atoms with Crippen LogP contribution in [0.15, 0.2) is 24.1 Å². The first-order valence-corrected chi connectivity index (χ1v) is 6.74. The molecule has 2 aromatic heterocycles. The third-order valence-corrected chi connectivity index (χ3v) is 3.00. The highest BCUT2D eigenvalue weighted by molar-refractivity contribution is 7.10. The highest BCUT2D eigenvalue weighted by Gasteiger charge is 2.19. The summed E-state index contributed by atoms with van der Waals surface area (Å²) >= 11 is 1.42. The zero-order valence-electron chi connectivity index (χ0n) is 11.1. The Morgan fingerprint density at radius 3 is 2.74 bits per heavy atom. The van der Waals surface area contributed by atoms with Gasteiger partial charge in [-0.05, 0) is 20.8 Å². The van der Waals surface area contributed by atoms with E-state index >= 15 is 0 Å². The molecule has 5 nitrogen and oxygen atoms in total. The Hall–Kier alpha value is -1.82. The molecule has 0 saturated heterocycles. The van der Waals surface area contributed by atoms with Crippen LogP contribution in [0.4, 0.5) is 0 Å². The van der Waals surface area contributed by atoms with Crippen LogP contribution in [-0.2, 0) is 16.0 Å². The van der Waals surface area contributed by atoms with Crippen LogP contribution >= 0.6 is 11.3 Å². The van der Waals surface area contributed by atoms with Gasteiger partial charge in [0.25, 0.3) is 0 Å². The minimum absolute atomic E-state index is 0.202. The average molecular weight is 277 g/mol. The Balaban J connectivity index is 2.15. The third-order valence-electron chi connectivity index (χ3n) is 2.17. The monoisotopic (exact) mass is 277 g/mol. The van der Waals surface area contributed by atoms with Crippen LogP contribution in [0.5, 0.6) is 0 Å². The third kappa shape index (κ3) is 3.82. The largest absolute Gasteiger partial charge is 0.460 e. The van der Waals surface area contributed by atoms with Crippen LogP contribution in [0.3, 0.4) is 0 Å². The molecule has 0 atom stereocenters. The molecule has 0 aliphatic heterocycles. The Morgan fingerprint density at radius 1 is 1.32 bits per heavy atom. The number of ether oxygens (including phenoxy) is 1. The second-order valence-corrected chi connectivity index (χ2v) is 5.92. The zero-order valence-corrected chi connectivity index (χ0v) is 11.9. The van der Waals surface area contributed by atoms with E-state index in [9.17, 15) is 4.79 Å². The highest BCUT2D eigenvalue weighted by atomic mass is 32.1. The smallest absolute Gasteiger partial charge is 0.311 e. The van der Waals surface area contributed by atoms with Crippen molar-refractivity contribution in [3.05, 3.63) is 29.0 Å². The minimum atomic E-state index is -0.478. The Bertz CT molecular complexity index is 561. The summed E-state index contributed by atoms with van der Waals surface area (Å²) in [5.41, 5.74) is 2.59. The fourth-order valence-electron chi connectivity index (χ4n) is 1.53. The first-order valence-electron chi connectivity index (χ1n) is 5.86. The van der Waals surface area contributed by atoms with Crippen molar-refractivity contribution < 1.29 is 9.53 Å². The van der Waals surface area contributed by atoms with E-state index in [0.717, 1.165) is 4.88 Å². The van der Waals surface area contributed by atoms with Crippen LogP contribution in [0.1, 0.15) is 25.6 Å². The fraction of sp³-hybridized carbons (Fsp3) is 0.385. The summed E-state index contributed by atoms with van der Waals surface area (Å²) in [5.74, 6) is -0.262. The number of thiazole rings is 1. The molecule has 0 amide bonds. The van der Waals surface area contributed by atoms with Gasteiger partial charge in [-0.25, -0.2) is 4.98 Å². The van der Waals surface area contributed by atoms with E-state index < -0.39 is 5.60 Å². The van der Waals surface area contributed by atoms with Gasteiger partial charge in [0.15, 0.2) is 0 Å². The molecule has 0 fully saturated rings. The van der Waals surface area contributed by atoms with Crippen molar-refractivity contribution >= 4 is 17.3 Å². The van der Waals surface area contributed by atoms with Crippen molar-refractivity contribution in [1.29, 1.82) is 0 Å². The van der Waals surface area contributed by atoms with Gasteiger partial charge in [0.1, 0.15) is 17.0 Å². The predicted octanol–water partition coefficient (Wildman–Crippen LogP) is 2.48. The van der Waals surface area contributed by atoms with Crippen molar-refractivity contribution in [2.24, 2.45) is 0 Å². The van der Waals surface area contributed by atoms with Gasteiger partial charge in [0.05, 0.1) is 18.1 Å². The van der Waals surface area contributed by atoms with Gasteiger partial charge >= 0.3 is 5.97 Å². The number of carbonyl (C=O) groups excluding carboxylic acids is 1. The standard InChI is InChI=1S/C13H15N3O2S/c1-13(2,3)18-11(17)6-10-12(16-8-19-10)9-7-14-4-5-15-9/h4-5,7-8H,6H2,1-3H3. The number of carbonyl (C=O) groups is 1. The van der Waals surface area contributed by atoms with E-state index in [4.69, 9.17) is 4.74 Å². The molecule has 2 heterocycles. The molecule has 0 spiro atoms. The number of rotatable bonds is 3. The fourth-order valence-corrected chi connectivity index (χ4v) is 2.29. The lowest BCUT2D eigenvalue weighted by Crippen LogP contribution is -2.24. The Morgan fingerprint density at radius 2 is 2.11 bits per heavy atom. The molecule has 100 valence electrons. The molecule has 19 heavy (non-hydrogen) atoms. The summed E-state index contributed by atoms with van der Waals surface area (Å²) in [6.45, 7) is 5.55. The number of nitrogens with zero attached hydrogens (tertiary/aromatic N) is 3. The lowest BCUT2D eigenvalue weighted by atomic mass is 10.2. The molecular weight excluding hydrogens is 262 g/mol. The molecule has 2 rings (SSSR count). The van der Waals surface area contributed by atoms with E-state index in [0.29, 0.717) is 11.4 Å². The van der Waals surface area contributed by atoms with Gasteiger partial charge in [0.2, 0.25) is 0 Å². The molecule has 0 bridgehead atoms. The van der Waals surface area contributed by atoms with E-state index in [1.807, 2.05) is 20.8 Å². The van der Waals surface area contributed by atoms with Crippen LogP contribution in [0, 0.1) is 0 Å². The van der Waals surface area contributed by atoms with Crippen molar-refractivity contribution in [2.75, 3.05) is 0 Å². The van der Waals surface area contributed by atoms with Crippen LogP contribution < -0.4 is 0 Å². The van der Waals surface area contributed by atoms with Crippen LogP contribution in [0.2, 0.25) is 0 Å². The van der Waals surface area contributed by atoms with E-state index in [1.165, 1.54) is 11.3 Å². The molecule has 2 aromatic rings. The number of hydrogen-bond acceptors (Lipinski definition) is 6. The maximum atomic E-state index is 11.8. The van der Waals surface area contributed by atoms with Gasteiger partial charge in [-0.15, -0.1) is 11.3 Å². The zero-order chi connectivity index (χ0) is 13.9. The number of hydrogen-bond donors (Lipinski definition) is 0. The normalized spacial score (nSPS) is 11.3. The van der Waals surface area contributed by atoms with Crippen molar-refractivity contribution in [3.8, 4) is 11.4 Å². The van der Waals surface area contributed by atoms with Gasteiger partial charge in [-0.1, -0.05) is 0 Å². The molecule has 0 aromatic carbocycles. The molecule has 0 saturated carbocycles. The van der Waals surface area contributed by atoms with Crippen molar-refractivity contribution in [1.82, 2.24) is 15.0 Å². The summed E-state index contributed by atoms with van der Waals surface area (Å²) in [7, 11) is 0. The average Bonchev–Trinajstić information content (AvgIpc) is 2.75. The molecule has 6 heteroatoms. The van der Waals surface area contributed by atoms with E-state index in [-0.39, 0.29) is 12.4 Å². The second-order valence-electron chi connectivity index (χ2n) is 4.98. The first kappa shape index (κ1) is 13.6. The molecule has 0 radical (unpaired) electrons. The van der Waals surface area contributed by atoms with Gasteiger partial charge in [-0.3, -0.25) is 14.8 Å². The van der Waals surface area contributed by atoms with Crippen LogP contribution in [0.25, 0.3) is 11.4 Å².